The van der Waals surface area contributed by atoms with E-state index in [2.05, 4.69) is 34.0 Å². The molecule has 2 aromatic heterocycles. The van der Waals surface area contributed by atoms with Crippen LogP contribution in [0.25, 0.3) is 11.1 Å². The van der Waals surface area contributed by atoms with Crippen LogP contribution in [0.1, 0.15) is 79.8 Å². The molecule has 1 saturated heterocycles. The Balaban J connectivity index is 0.984. The van der Waals surface area contributed by atoms with Gasteiger partial charge in [-0.05, 0) is 86.0 Å². The van der Waals surface area contributed by atoms with Crippen molar-refractivity contribution in [3.05, 3.63) is 65.2 Å². The lowest BCUT2D eigenvalue weighted by Crippen LogP contribution is -2.64. The van der Waals surface area contributed by atoms with E-state index in [-0.39, 0.29) is 73.0 Å². The van der Waals surface area contributed by atoms with Crippen LogP contribution in [0.5, 0.6) is 11.5 Å². The molecular formula is C47H63N5O15. The van der Waals surface area contributed by atoms with Crippen molar-refractivity contribution < 1.29 is 73.1 Å². The monoisotopic (exact) mass is 937 g/mol. The zero-order valence-corrected chi connectivity index (χ0v) is 38.3. The molecule has 4 aliphatic carbocycles. The largest absolute Gasteiger partial charge is 0.491 e. The molecule has 4 bridgehead atoms. The molecule has 366 valence electrons. The summed E-state index contributed by atoms with van der Waals surface area (Å²) in [4.78, 5) is 53.5. The van der Waals surface area contributed by atoms with Gasteiger partial charge in [-0.1, -0.05) is 19.9 Å². The number of rotatable bonds is 21. The molecule has 5 aliphatic rings. The van der Waals surface area contributed by atoms with E-state index in [0.29, 0.717) is 35.7 Å². The average Bonchev–Trinajstić information content (AvgIpc) is 3.61. The van der Waals surface area contributed by atoms with Gasteiger partial charge in [0.1, 0.15) is 43.0 Å². The Morgan fingerprint density at radius 1 is 0.896 bits per heavy atom. The second-order valence-electron chi connectivity index (χ2n) is 19.4. The second kappa shape index (κ2) is 20.1. The number of aliphatic hydroxyl groups excluding tert-OH is 3. The molecule has 3 aromatic rings. The summed E-state index contributed by atoms with van der Waals surface area (Å²) in [6, 6.07) is 9.92. The van der Waals surface area contributed by atoms with Gasteiger partial charge in [0.2, 0.25) is 12.2 Å². The fraction of sp³-hybridized carbons (Fsp3) is 0.596. The molecule has 0 spiro atoms. The van der Waals surface area contributed by atoms with Gasteiger partial charge in [0.15, 0.2) is 11.8 Å². The minimum atomic E-state index is -1.92. The number of likely N-dealkylation sites (N-methyl/N-ethyl adjacent to an activating group) is 1. The van der Waals surface area contributed by atoms with Gasteiger partial charge in [-0.3, -0.25) is 4.79 Å². The number of amides is 2. The van der Waals surface area contributed by atoms with E-state index in [9.17, 15) is 44.7 Å². The summed E-state index contributed by atoms with van der Waals surface area (Å²) < 4.78 is 36.8. The van der Waals surface area contributed by atoms with Crippen LogP contribution in [0.4, 0.5) is 4.79 Å². The predicted molar refractivity (Wildman–Crippen MR) is 237 cm³/mol. The van der Waals surface area contributed by atoms with E-state index in [1.807, 2.05) is 19.2 Å². The number of carbonyl (C=O) groups is 4. The molecule has 3 heterocycles. The number of nitrogens with two attached hydrogens (primary N) is 1. The lowest BCUT2D eigenvalue weighted by Gasteiger charge is -2.69. The van der Waals surface area contributed by atoms with Crippen LogP contribution in [-0.4, -0.2) is 142 Å². The number of alkyl carbamates (subject to hydrolysis) is 1. The summed E-state index contributed by atoms with van der Waals surface area (Å²) in [5.74, 6) is -2.71. The number of hydrogen-bond acceptors (Lipinski definition) is 15. The van der Waals surface area contributed by atoms with Crippen molar-refractivity contribution in [2.45, 2.75) is 115 Å². The average molecular weight is 938 g/mol. The van der Waals surface area contributed by atoms with Crippen molar-refractivity contribution in [2.24, 2.45) is 22.0 Å². The van der Waals surface area contributed by atoms with Crippen LogP contribution in [0.15, 0.2) is 42.6 Å². The number of aromatic carboxylic acids is 1. The molecule has 8 rings (SSSR count). The molecule has 20 heteroatoms. The first kappa shape index (κ1) is 49.6. The SMILES string of the molecule is CNC(=O)Cc1ccc(-c2ccn(CC34CC5(C)CC(C)(C3)CC(OCCNC(=O)OCc3ccc(OCCOCCN)cc3O[C@@H]3O[C@H](C(=O)O)[C@@H](O)[C@H](O)[C@H]3O)(C5)C4)c2C)c(C(=O)O)n1. The maximum absolute atomic E-state index is 13.1. The van der Waals surface area contributed by atoms with Crippen molar-refractivity contribution in [1.82, 2.24) is 20.2 Å². The molecule has 2 unspecified atom stereocenters. The highest BCUT2D eigenvalue weighted by molar-refractivity contribution is 5.94. The molecule has 67 heavy (non-hydrogen) atoms. The smallest absolute Gasteiger partial charge is 0.407 e. The van der Waals surface area contributed by atoms with Crippen molar-refractivity contribution in [1.29, 1.82) is 0 Å². The normalized spacial score (nSPS) is 29.6. The maximum atomic E-state index is 13.1. The zero-order valence-electron chi connectivity index (χ0n) is 38.3. The maximum Gasteiger partial charge on any atom is 0.407 e. The fourth-order valence-corrected chi connectivity index (χ4v) is 11.9. The molecule has 9 N–H and O–H groups in total. The summed E-state index contributed by atoms with van der Waals surface area (Å²) >= 11 is 0. The van der Waals surface area contributed by atoms with Gasteiger partial charge in [-0.25, -0.2) is 19.4 Å². The highest BCUT2D eigenvalue weighted by Crippen LogP contribution is 2.72. The first-order valence-corrected chi connectivity index (χ1v) is 22.6. The van der Waals surface area contributed by atoms with E-state index in [1.54, 1.807) is 24.3 Å². The summed E-state index contributed by atoms with van der Waals surface area (Å²) in [6.45, 7) is 8.54. The van der Waals surface area contributed by atoms with Gasteiger partial charge in [-0.2, -0.15) is 0 Å². The summed E-state index contributed by atoms with van der Waals surface area (Å²) in [7, 11) is 1.52. The van der Waals surface area contributed by atoms with Gasteiger partial charge in [0, 0.05) is 61.3 Å². The molecule has 1 aromatic carbocycles. The number of aliphatic hydroxyl groups is 3. The van der Waals surface area contributed by atoms with Crippen LogP contribution >= 0.6 is 0 Å². The van der Waals surface area contributed by atoms with E-state index in [0.717, 1.165) is 56.3 Å². The van der Waals surface area contributed by atoms with Crippen LogP contribution < -0.4 is 25.8 Å². The van der Waals surface area contributed by atoms with Crippen LogP contribution in [0.2, 0.25) is 0 Å². The number of hydrogen-bond donors (Lipinski definition) is 8. The molecule has 5 fully saturated rings. The number of aromatic nitrogens is 2. The number of nitrogens with one attached hydrogen (secondary N) is 2. The van der Waals surface area contributed by atoms with E-state index >= 15 is 0 Å². The Hall–Kier alpha value is -5.35. The third-order valence-electron chi connectivity index (χ3n) is 13.5. The Bertz CT molecular complexity index is 2290. The number of carbonyl (C=O) groups excluding carboxylic acids is 2. The second-order valence-corrected chi connectivity index (χ2v) is 19.4. The van der Waals surface area contributed by atoms with Gasteiger partial charge >= 0.3 is 18.0 Å². The number of carboxylic acids is 2. The topological polar surface area (TPSA) is 293 Å². The van der Waals surface area contributed by atoms with E-state index in [1.165, 1.54) is 13.1 Å². The van der Waals surface area contributed by atoms with Gasteiger partial charge in [-0.15, -0.1) is 0 Å². The fourth-order valence-electron chi connectivity index (χ4n) is 11.9. The van der Waals surface area contributed by atoms with Crippen LogP contribution in [0.3, 0.4) is 0 Å². The summed E-state index contributed by atoms with van der Waals surface area (Å²) in [5.41, 5.74) is 7.75. The lowest BCUT2D eigenvalue weighted by molar-refractivity contribution is -0.271. The molecule has 2 amide bonds. The molecule has 1 aliphatic heterocycles. The number of aliphatic carboxylic acids is 1. The van der Waals surface area contributed by atoms with Crippen molar-refractivity contribution in [3.8, 4) is 22.6 Å². The standard InChI is InChI=1S/C47H63N5O15/c1-27-31(32-8-6-29(17-34(53)49-4)51-35(32)40(57)58)9-12-52(27)26-46-21-44(2)20-45(3,22-46)24-47(23-44,25-46)65-14-11-50-43(61)64-19-28-5-7-30(63-16-15-62-13-10-48)18-33(28)66-42-38(56)36(54)37(55)39(67-42)41(59)60/h5-9,12,18,36-39,42,54-56H,10-11,13-17,19-26,48H2,1-4H3,(H,49,53)(H,50,61)(H,57,58)(H,59,60)/t36-,37-,38+,39-,42+,44?,45?,46?,47?/m0/s1. The van der Waals surface area contributed by atoms with Gasteiger partial charge in [0.05, 0.1) is 37.5 Å². The zero-order chi connectivity index (χ0) is 48.3. The Kier molecular flexibility index (Phi) is 14.9. The molecule has 7 atom stereocenters. The van der Waals surface area contributed by atoms with E-state index in [4.69, 9.17) is 34.2 Å². The summed E-state index contributed by atoms with van der Waals surface area (Å²) in [6.07, 6.45) is -2.30. The van der Waals surface area contributed by atoms with Gasteiger partial charge in [0.25, 0.3) is 0 Å². The predicted octanol–water partition coefficient (Wildman–Crippen LogP) is 2.53. The molecule has 20 nitrogen and oxygen atoms in total. The first-order chi connectivity index (χ1) is 31.8. The third kappa shape index (κ3) is 11.2. The van der Waals surface area contributed by atoms with Crippen LogP contribution in [0, 0.1) is 23.2 Å². The number of ether oxygens (including phenoxy) is 6. The van der Waals surface area contributed by atoms with Crippen LogP contribution in [-0.2, 0) is 48.1 Å². The first-order valence-electron chi connectivity index (χ1n) is 22.6. The Morgan fingerprint density at radius 3 is 2.33 bits per heavy atom. The minimum absolute atomic E-state index is 0.00692. The lowest BCUT2D eigenvalue weighted by atomic mass is 9.39. The number of pyridine rings is 1. The number of nitrogens with zero attached hydrogens (tertiary/aromatic N) is 2. The highest BCUT2D eigenvalue weighted by atomic mass is 16.7. The minimum Gasteiger partial charge on any atom is -0.491 e. The Labute approximate surface area is 388 Å². The molecular weight excluding hydrogens is 875 g/mol. The van der Waals surface area contributed by atoms with Crippen molar-refractivity contribution in [2.75, 3.05) is 46.6 Å². The molecule has 4 saturated carbocycles. The number of benzene rings is 1. The van der Waals surface area contributed by atoms with Crippen molar-refractivity contribution >= 4 is 23.9 Å². The quantitative estimate of drug-likeness (QED) is 0.0712. The highest BCUT2D eigenvalue weighted by Gasteiger charge is 2.66. The number of carboxylic acid groups (broad SMARTS) is 2. The van der Waals surface area contributed by atoms with Gasteiger partial charge < -0.3 is 74.9 Å². The Morgan fingerprint density at radius 2 is 1.64 bits per heavy atom. The third-order valence-corrected chi connectivity index (χ3v) is 13.5. The van der Waals surface area contributed by atoms with E-state index < -0.39 is 54.3 Å². The van der Waals surface area contributed by atoms with Crippen molar-refractivity contribution in [3.63, 3.8) is 0 Å². The molecule has 0 radical (unpaired) electrons. The summed E-state index contributed by atoms with van der Waals surface area (Å²) in [5, 5.41) is 56.1.